The smallest absolute Gasteiger partial charge is 0.309 e. The third-order valence-corrected chi connectivity index (χ3v) is 14.9. The number of aliphatic carboxylic acids is 1. The van der Waals surface area contributed by atoms with Crippen LogP contribution in [0.25, 0.3) is 0 Å². The number of hydrogen-bond acceptors (Lipinski definition) is 10. The monoisotopic (exact) mass is 750 g/mol. The molecule has 5 aliphatic rings. The van der Waals surface area contributed by atoms with Crippen molar-refractivity contribution in [2.75, 3.05) is 6.61 Å². The van der Waals surface area contributed by atoms with Gasteiger partial charge in [-0.25, -0.2) is 0 Å². The van der Waals surface area contributed by atoms with Crippen LogP contribution in [-0.4, -0.2) is 98.2 Å². The Kier molecular flexibility index (Phi) is 13.0. The number of ether oxygens (including phenoxy) is 5. The van der Waals surface area contributed by atoms with Crippen molar-refractivity contribution in [1.29, 1.82) is 0 Å². The van der Waals surface area contributed by atoms with Crippen molar-refractivity contribution < 1.29 is 53.7 Å². The lowest BCUT2D eigenvalue weighted by Gasteiger charge is -2.54. The van der Waals surface area contributed by atoms with Gasteiger partial charge in [0.2, 0.25) is 5.79 Å². The highest BCUT2D eigenvalue weighted by Crippen LogP contribution is 2.54. The van der Waals surface area contributed by atoms with Gasteiger partial charge in [0.1, 0.15) is 11.9 Å². The fourth-order valence-corrected chi connectivity index (χ4v) is 10.6. The molecule has 5 rings (SSSR count). The van der Waals surface area contributed by atoms with E-state index >= 15 is 0 Å². The van der Waals surface area contributed by atoms with Crippen molar-refractivity contribution in [3.8, 4) is 0 Å². The molecule has 2 spiro atoms. The van der Waals surface area contributed by atoms with Gasteiger partial charge in [-0.3, -0.25) is 9.59 Å². The van der Waals surface area contributed by atoms with Gasteiger partial charge in [-0.15, -0.1) is 0 Å². The second-order valence-electron chi connectivity index (χ2n) is 17.8. The maximum Gasteiger partial charge on any atom is 0.309 e. The molecule has 4 fully saturated rings. The summed E-state index contributed by atoms with van der Waals surface area (Å²) < 4.78 is 33.0. The zero-order chi connectivity index (χ0) is 39.3. The van der Waals surface area contributed by atoms with E-state index in [-0.39, 0.29) is 66.2 Å². The van der Waals surface area contributed by atoms with Gasteiger partial charge in [-0.2, -0.15) is 0 Å². The van der Waals surface area contributed by atoms with E-state index in [4.69, 9.17) is 23.7 Å². The zero-order valence-corrected chi connectivity index (χ0v) is 34.0. The molecule has 0 amide bonds. The Hall–Kier alpha value is -1.44. The molecule has 0 bridgehead atoms. The van der Waals surface area contributed by atoms with Crippen molar-refractivity contribution in [1.82, 2.24) is 0 Å². The van der Waals surface area contributed by atoms with Crippen LogP contribution < -0.4 is 0 Å². The van der Waals surface area contributed by atoms with E-state index in [1.807, 2.05) is 47.6 Å². The molecule has 4 saturated heterocycles. The Labute approximate surface area is 317 Å². The molecule has 4 N–H and O–H groups in total. The number of ketones is 1. The molecule has 11 heteroatoms. The molecule has 18 atom stereocenters. The first kappa shape index (κ1) is 42.7. The molecular weight excluding hydrogens is 680 g/mol. The van der Waals surface area contributed by atoms with Gasteiger partial charge in [0.15, 0.2) is 5.79 Å². The fourth-order valence-electron chi connectivity index (χ4n) is 10.6. The number of carbonyl (C=O) groups excluding carboxylic acids is 1. The SMILES string of the molecule is CC[C@@H](C(=O)O)C1CC[C@H](C)C([C@@H](C)[C@H](O)[C@H](C)C(=O)[C@H](CC)C2COC3(C=C[C@@H](O)[C@@]4(CC[C@@](C)(C5CC[C@](O)(CC)[C@H](C)O5)O4)O3)[C@H](C)[C@@H]2C)O1. The van der Waals surface area contributed by atoms with Gasteiger partial charge >= 0.3 is 5.97 Å². The van der Waals surface area contributed by atoms with Gasteiger partial charge < -0.3 is 44.1 Å². The van der Waals surface area contributed by atoms with Gasteiger partial charge in [0.05, 0.1) is 54.2 Å². The molecule has 5 aliphatic heterocycles. The summed E-state index contributed by atoms with van der Waals surface area (Å²) in [5, 5.41) is 43.8. The first-order chi connectivity index (χ1) is 24.8. The number of aliphatic hydroxyl groups is 3. The molecule has 0 aromatic rings. The van der Waals surface area contributed by atoms with Crippen LogP contribution in [0.1, 0.15) is 127 Å². The summed E-state index contributed by atoms with van der Waals surface area (Å²) in [4.78, 5) is 26.2. The summed E-state index contributed by atoms with van der Waals surface area (Å²) in [7, 11) is 0. The van der Waals surface area contributed by atoms with E-state index in [0.717, 1.165) is 6.42 Å². The Morgan fingerprint density at radius 2 is 1.60 bits per heavy atom. The van der Waals surface area contributed by atoms with Crippen molar-refractivity contribution in [2.24, 2.45) is 47.3 Å². The molecule has 0 aromatic heterocycles. The van der Waals surface area contributed by atoms with Crippen molar-refractivity contribution in [3.05, 3.63) is 12.2 Å². The predicted octanol–water partition coefficient (Wildman–Crippen LogP) is 6.05. The maximum absolute atomic E-state index is 14.3. The normalized spacial score (nSPS) is 46.2. The second kappa shape index (κ2) is 16.2. The lowest BCUT2D eigenvalue weighted by Crippen LogP contribution is -2.63. The number of rotatable bonds is 12. The third kappa shape index (κ3) is 7.81. The van der Waals surface area contributed by atoms with Crippen molar-refractivity contribution in [2.45, 2.75) is 186 Å². The molecule has 5 heterocycles. The average molecular weight is 751 g/mol. The maximum atomic E-state index is 14.3. The largest absolute Gasteiger partial charge is 0.481 e. The standard InChI is InChI=1S/C42H70O11/c1-11-29(36(45)25(6)35(44)26(7)37-23(4)14-15-32(51-37)30(12-2)38(46)47)31-22-49-41(27(8)24(31)5)19-16-33(43)42(53-41)21-20-39(10,52-42)34-17-18-40(48,13-3)28(9)50-34/h16,19,23-35,37,43-44,48H,11-15,17-18,20-22H2,1-10H3,(H,46,47)/t23-,24-,25-,26-,27+,28-,29+,30+,31?,32?,33+,34?,35+,37?,39-,40+,41?,42+/m0/s1. The van der Waals surface area contributed by atoms with Gasteiger partial charge in [-0.1, -0.05) is 55.4 Å². The van der Waals surface area contributed by atoms with E-state index in [1.54, 1.807) is 13.0 Å². The van der Waals surface area contributed by atoms with Crippen LogP contribution in [0.3, 0.4) is 0 Å². The van der Waals surface area contributed by atoms with Gasteiger partial charge in [0.25, 0.3) is 0 Å². The lowest BCUT2D eigenvalue weighted by atomic mass is 9.67. The van der Waals surface area contributed by atoms with E-state index in [0.29, 0.717) is 51.4 Å². The van der Waals surface area contributed by atoms with Crippen LogP contribution in [0.5, 0.6) is 0 Å². The molecule has 0 saturated carbocycles. The molecule has 11 nitrogen and oxygen atoms in total. The topological polar surface area (TPSA) is 161 Å². The number of carboxylic acids is 1. The quantitative estimate of drug-likeness (QED) is 0.172. The summed E-state index contributed by atoms with van der Waals surface area (Å²) in [6.07, 6.45) is 5.64. The molecular formula is C42H70O11. The number of carbonyl (C=O) groups is 2. The van der Waals surface area contributed by atoms with Crippen LogP contribution in [-0.2, 0) is 33.3 Å². The Morgan fingerprint density at radius 1 is 0.925 bits per heavy atom. The van der Waals surface area contributed by atoms with Gasteiger partial charge in [-0.05, 0) is 95.1 Å². The molecule has 0 radical (unpaired) electrons. The molecule has 5 unspecified atom stereocenters. The average Bonchev–Trinajstić information content (AvgIpc) is 3.48. The molecule has 0 aromatic carbocycles. The highest BCUT2D eigenvalue weighted by molar-refractivity contribution is 5.84. The summed E-state index contributed by atoms with van der Waals surface area (Å²) >= 11 is 0. The van der Waals surface area contributed by atoms with E-state index in [2.05, 4.69) is 20.8 Å². The zero-order valence-electron chi connectivity index (χ0n) is 34.0. The number of aliphatic hydroxyl groups excluding tert-OH is 2. The predicted molar refractivity (Wildman–Crippen MR) is 199 cm³/mol. The van der Waals surface area contributed by atoms with Crippen molar-refractivity contribution >= 4 is 11.8 Å². The summed E-state index contributed by atoms with van der Waals surface area (Å²) in [5.74, 6) is -5.55. The van der Waals surface area contributed by atoms with E-state index in [9.17, 15) is 30.0 Å². The minimum Gasteiger partial charge on any atom is -0.481 e. The third-order valence-electron chi connectivity index (χ3n) is 14.9. The second-order valence-corrected chi connectivity index (χ2v) is 17.8. The first-order valence-corrected chi connectivity index (χ1v) is 20.7. The molecule has 304 valence electrons. The highest BCUT2D eigenvalue weighted by Gasteiger charge is 2.63. The minimum atomic E-state index is -1.33. The minimum absolute atomic E-state index is 0.00833. The van der Waals surface area contributed by atoms with E-state index < -0.39 is 58.9 Å². The van der Waals surface area contributed by atoms with E-state index in [1.165, 1.54) is 0 Å². The van der Waals surface area contributed by atoms with Crippen LogP contribution in [0.2, 0.25) is 0 Å². The molecule has 53 heavy (non-hydrogen) atoms. The molecule has 0 aliphatic carbocycles. The number of hydrogen-bond donors (Lipinski definition) is 4. The van der Waals surface area contributed by atoms with Gasteiger partial charge in [0, 0.05) is 30.1 Å². The summed E-state index contributed by atoms with van der Waals surface area (Å²) in [6, 6.07) is 0. The Morgan fingerprint density at radius 3 is 2.21 bits per heavy atom. The van der Waals surface area contributed by atoms with Crippen LogP contribution in [0.15, 0.2) is 12.2 Å². The van der Waals surface area contributed by atoms with Crippen LogP contribution in [0, 0.1) is 47.3 Å². The Balaban J connectivity index is 1.26. The summed E-state index contributed by atoms with van der Waals surface area (Å²) in [6.45, 7) is 20.0. The Bertz CT molecular complexity index is 1320. The highest BCUT2D eigenvalue weighted by atomic mass is 16.8. The van der Waals surface area contributed by atoms with Crippen LogP contribution in [0.4, 0.5) is 0 Å². The van der Waals surface area contributed by atoms with Crippen LogP contribution >= 0.6 is 0 Å². The number of Topliss-reactive ketones (excluding diaryl/α,β-unsaturated/α-hetero) is 1. The number of carboxylic acid groups (broad SMARTS) is 1. The summed E-state index contributed by atoms with van der Waals surface area (Å²) in [5.41, 5.74) is -1.60. The van der Waals surface area contributed by atoms with Crippen molar-refractivity contribution in [3.63, 3.8) is 0 Å². The lowest BCUT2D eigenvalue weighted by molar-refractivity contribution is -0.403. The fraction of sp³-hybridized carbons (Fsp3) is 0.905. The first-order valence-electron chi connectivity index (χ1n) is 20.7.